The molecule has 0 amide bonds. The van der Waals surface area contributed by atoms with Crippen LogP contribution < -0.4 is 0 Å². The van der Waals surface area contributed by atoms with Gasteiger partial charge >= 0.3 is 11.6 Å². The van der Waals surface area contributed by atoms with Gasteiger partial charge in [-0.25, -0.2) is 19.3 Å². The zero-order valence-electron chi connectivity index (χ0n) is 21.5. The molecule has 1 aromatic carbocycles. The third kappa shape index (κ3) is 5.91. The quantitative estimate of drug-likeness (QED) is 0.271. The lowest BCUT2D eigenvalue weighted by Gasteiger charge is -2.06. The summed E-state index contributed by atoms with van der Waals surface area (Å²) in [4.78, 5) is 12.4. The molecule has 7 aromatic rings. The van der Waals surface area contributed by atoms with Crippen molar-refractivity contribution in [3.8, 4) is 28.5 Å². The normalized spacial score (nSPS) is 10.6. The van der Waals surface area contributed by atoms with Gasteiger partial charge in [0.25, 0.3) is 0 Å². The molecule has 0 unspecified atom stereocenters. The molecular formula is C26H20Br2N10O2S. The Morgan fingerprint density at radius 2 is 1.34 bits per heavy atom. The first-order chi connectivity index (χ1) is 19.9. The van der Waals surface area contributed by atoms with E-state index in [0.717, 1.165) is 59.5 Å². The van der Waals surface area contributed by atoms with Gasteiger partial charge in [-0.05, 0) is 68.3 Å². The summed E-state index contributed by atoms with van der Waals surface area (Å²) in [6.45, 7) is 0. The van der Waals surface area contributed by atoms with Crippen molar-refractivity contribution >= 4 is 65.5 Å². The molecule has 0 aliphatic carbocycles. The number of pyridine rings is 2. The number of para-hydroxylation sites is 1. The summed E-state index contributed by atoms with van der Waals surface area (Å²) >= 11 is 6.32. The third-order valence-corrected chi connectivity index (χ3v) is 7.37. The van der Waals surface area contributed by atoms with E-state index < -0.39 is 11.6 Å². The molecule has 0 spiro atoms. The predicted molar refractivity (Wildman–Crippen MR) is 161 cm³/mol. The summed E-state index contributed by atoms with van der Waals surface area (Å²) in [5.74, 6) is 0. The van der Waals surface area contributed by atoms with Gasteiger partial charge in [0.15, 0.2) is 0 Å². The minimum Gasteiger partial charge on any atom is -0.345 e. The number of H-pyrrole nitrogens is 1. The van der Waals surface area contributed by atoms with Crippen LogP contribution in [0.3, 0.4) is 0 Å². The minimum atomic E-state index is -0.750. The van der Waals surface area contributed by atoms with Gasteiger partial charge in [-0.1, -0.05) is 28.6 Å². The zero-order chi connectivity index (χ0) is 28.9. The van der Waals surface area contributed by atoms with Crippen LogP contribution in [-0.4, -0.2) is 57.9 Å². The molecule has 6 aromatic heterocycles. The highest BCUT2D eigenvalue weighted by molar-refractivity contribution is 9.11. The van der Waals surface area contributed by atoms with Gasteiger partial charge in [0.1, 0.15) is 22.7 Å². The number of aromatic amines is 1. The van der Waals surface area contributed by atoms with Crippen LogP contribution >= 0.6 is 31.9 Å². The number of nitrogens with zero attached hydrogens (tertiary/aromatic N) is 9. The summed E-state index contributed by atoms with van der Waals surface area (Å²) < 4.78 is 24.1. The third-order valence-electron chi connectivity index (χ3n) is 6.08. The Bertz CT molecular complexity index is 1990. The van der Waals surface area contributed by atoms with Crippen LogP contribution in [0.2, 0.25) is 0 Å². The fourth-order valence-electron chi connectivity index (χ4n) is 4.15. The number of aryl methyl sites for hydroxylation is 2. The Morgan fingerprint density at radius 3 is 1.93 bits per heavy atom. The number of hydrogen-bond acceptors (Lipinski definition) is 8. The van der Waals surface area contributed by atoms with Crippen LogP contribution in [0.1, 0.15) is 0 Å². The number of fused-ring (bicyclic) bond motifs is 2. The van der Waals surface area contributed by atoms with Crippen LogP contribution in [-0.2, 0) is 25.7 Å². The van der Waals surface area contributed by atoms with Crippen molar-refractivity contribution in [1.29, 1.82) is 0 Å². The second-order valence-corrected chi connectivity index (χ2v) is 10.4. The Morgan fingerprint density at radius 1 is 0.756 bits per heavy atom. The Hall–Kier alpha value is -4.34. The summed E-state index contributed by atoms with van der Waals surface area (Å²) in [6, 6.07) is 18.2. The topological polar surface area (TPSA) is 142 Å². The van der Waals surface area contributed by atoms with Crippen molar-refractivity contribution in [3.05, 3.63) is 88.3 Å². The van der Waals surface area contributed by atoms with Gasteiger partial charge in [0.05, 0.1) is 23.8 Å². The molecule has 206 valence electrons. The van der Waals surface area contributed by atoms with Crippen molar-refractivity contribution in [1.82, 2.24) is 49.5 Å². The van der Waals surface area contributed by atoms with Gasteiger partial charge in [-0.3, -0.25) is 0 Å². The lowest BCUT2D eigenvalue weighted by Crippen LogP contribution is -1.98. The van der Waals surface area contributed by atoms with Crippen molar-refractivity contribution in [2.45, 2.75) is 0 Å². The average Bonchev–Trinajstić information content (AvgIpc) is 3.77. The molecule has 0 saturated heterocycles. The van der Waals surface area contributed by atoms with E-state index in [0.29, 0.717) is 0 Å². The smallest absolute Gasteiger partial charge is 0.335 e. The minimum absolute atomic E-state index is 0.750. The fourth-order valence-corrected chi connectivity index (χ4v) is 5.10. The van der Waals surface area contributed by atoms with E-state index in [2.05, 4.69) is 85.2 Å². The monoisotopic (exact) mass is 694 g/mol. The first-order valence-corrected chi connectivity index (χ1v) is 14.1. The van der Waals surface area contributed by atoms with E-state index in [1.54, 1.807) is 21.8 Å². The highest BCUT2D eigenvalue weighted by Crippen LogP contribution is 2.30. The average molecular weight is 696 g/mol. The standard InChI is InChI=1S/C16H12BrN5.C10H8BrN5.O2S/c1-21-15(9-18-20-21)14-8-7-12-13(17)10-22(16(12)19-14)11-5-3-2-4-6-11;1-16-9(5-13-15-16)8-3-2-6-7(11)4-12-10(6)14-8;1-3-2/h2-10H,1H3;2-5H,1H3,(H,12,14);. The Labute approximate surface area is 253 Å². The van der Waals surface area contributed by atoms with Gasteiger partial charge in [-0.2, -0.15) is 8.42 Å². The lowest BCUT2D eigenvalue weighted by molar-refractivity contribution is 0.630. The molecule has 1 N–H and O–H groups in total. The Balaban J connectivity index is 0.000000157. The number of halogens is 2. The van der Waals surface area contributed by atoms with Gasteiger partial charge in [0, 0.05) is 51.9 Å². The molecule has 0 saturated carbocycles. The van der Waals surface area contributed by atoms with Crippen molar-refractivity contribution in [3.63, 3.8) is 0 Å². The van der Waals surface area contributed by atoms with Crippen molar-refractivity contribution in [2.24, 2.45) is 14.1 Å². The second kappa shape index (κ2) is 12.4. The highest BCUT2D eigenvalue weighted by atomic mass is 79.9. The number of hydrogen-bond donors (Lipinski definition) is 1. The fraction of sp³-hybridized carbons (Fsp3) is 0.0769. The molecule has 0 aliphatic rings. The number of nitrogens with one attached hydrogen (secondary N) is 1. The largest absolute Gasteiger partial charge is 0.345 e. The summed E-state index contributed by atoms with van der Waals surface area (Å²) in [7, 11) is 3.71. The van der Waals surface area contributed by atoms with Crippen molar-refractivity contribution in [2.75, 3.05) is 0 Å². The number of aromatic nitrogens is 10. The lowest BCUT2D eigenvalue weighted by atomic mass is 10.2. The Kier molecular flexibility index (Phi) is 8.56. The van der Waals surface area contributed by atoms with E-state index in [-0.39, 0.29) is 0 Å². The van der Waals surface area contributed by atoms with Gasteiger partial charge in [0.2, 0.25) is 0 Å². The van der Waals surface area contributed by atoms with Crippen LogP contribution in [0.25, 0.3) is 50.5 Å². The summed E-state index contributed by atoms with van der Waals surface area (Å²) in [5, 5.41) is 17.8. The van der Waals surface area contributed by atoms with Crippen LogP contribution in [0.15, 0.2) is 88.3 Å². The van der Waals surface area contributed by atoms with E-state index >= 15 is 0 Å². The molecule has 12 nitrogen and oxygen atoms in total. The molecule has 0 bridgehead atoms. The van der Waals surface area contributed by atoms with Crippen LogP contribution in [0.4, 0.5) is 0 Å². The number of benzene rings is 1. The van der Waals surface area contributed by atoms with E-state index in [1.807, 2.05) is 62.9 Å². The highest BCUT2D eigenvalue weighted by Gasteiger charge is 2.13. The maximum Gasteiger partial charge on any atom is 0.335 e. The SMILES string of the molecule is Cn1nncc1-c1ccc2c(Br)c[nH]c2n1.Cn1nncc1-c1ccc2c(Br)cn(-c3ccccc3)c2n1.O=S=O. The molecule has 0 aliphatic heterocycles. The summed E-state index contributed by atoms with van der Waals surface area (Å²) in [5.41, 5.74) is 6.32. The van der Waals surface area contributed by atoms with Gasteiger partial charge < -0.3 is 9.55 Å². The van der Waals surface area contributed by atoms with Crippen LogP contribution in [0.5, 0.6) is 0 Å². The molecule has 7 rings (SSSR count). The maximum absolute atomic E-state index is 8.29. The molecule has 0 fully saturated rings. The maximum atomic E-state index is 8.29. The number of rotatable bonds is 3. The molecule has 6 heterocycles. The molecule has 0 radical (unpaired) electrons. The second-order valence-electron chi connectivity index (χ2n) is 8.53. The predicted octanol–water partition coefficient (Wildman–Crippen LogP) is 5.03. The molecule has 15 heteroatoms. The van der Waals surface area contributed by atoms with Gasteiger partial charge in [-0.15, -0.1) is 10.2 Å². The zero-order valence-corrected chi connectivity index (χ0v) is 25.5. The molecule has 41 heavy (non-hydrogen) atoms. The molecule has 0 atom stereocenters. The molecular weight excluding hydrogens is 676 g/mol. The van der Waals surface area contributed by atoms with Crippen LogP contribution in [0, 0.1) is 0 Å². The van der Waals surface area contributed by atoms with E-state index in [1.165, 1.54) is 0 Å². The van der Waals surface area contributed by atoms with E-state index in [4.69, 9.17) is 13.4 Å². The summed E-state index contributed by atoms with van der Waals surface area (Å²) in [6.07, 6.45) is 7.34. The van der Waals surface area contributed by atoms with Crippen molar-refractivity contribution < 1.29 is 8.42 Å². The van der Waals surface area contributed by atoms with E-state index in [9.17, 15) is 0 Å². The first-order valence-electron chi connectivity index (χ1n) is 11.9. The first kappa shape index (κ1) is 28.2.